The van der Waals surface area contributed by atoms with Crippen molar-refractivity contribution in [2.75, 3.05) is 19.6 Å². The number of benzene rings is 1. The number of carbonyl (C=O) groups excluding carboxylic acids is 1. The van der Waals surface area contributed by atoms with Gasteiger partial charge in [0.2, 0.25) is 0 Å². The number of aromatic nitrogens is 2. The lowest BCUT2D eigenvalue weighted by atomic mass is 9.45. The number of hydrogen-bond acceptors (Lipinski definition) is 5. The maximum atomic E-state index is 12.7. The zero-order valence-corrected chi connectivity index (χ0v) is 22.8. The molecule has 198 valence electrons. The molecule has 5 heteroatoms. The third-order valence-corrected chi connectivity index (χ3v) is 11.7. The number of likely N-dealkylation sites (tertiary alicyclic amines) is 1. The van der Waals surface area contributed by atoms with Crippen molar-refractivity contribution < 1.29 is 9.53 Å². The van der Waals surface area contributed by atoms with Crippen molar-refractivity contribution in [1.29, 1.82) is 0 Å². The van der Waals surface area contributed by atoms with Gasteiger partial charge in [-0.3, -0.25) is 9.69 Å². The molecule has 4 aliphatic carbocycles. The molecule has 0 spiro atoms. The molecule has 2 unspecified atom stereocenters. The molecule has 2 heterocycles. The second kappa shape index (κ2) is 9.03. The van der Waals surface area contributed by atoms with Gasteiger partial charge in [-0.1, -0.05) is 32.4 Å². The Morgan fingerprint density at radius 3 is 2.57 bits per heavy atom. The molecular weight excluding hydrogens is 458 g/mol. The Morgan fingerprint density at radius 1 is 0.973 bits per heavy atom. The summed E-state index contributed by atoms with van der Waals surface area (Å²) < 4.78 is 6.09. The summed E-state index contributed by atoms with van der Waals surface area (Å²) in [6.45, 7) is 7.68. The number of nitrogens with zero attached hydrogens (tertiary/aromatic N) is 3. The van der Waals surface area contributed by atoms with Crippen molar-refractivity contribution in [3.63, 3.8) is 0 Å². The van der Waals surface area contributed by atoms with Crippen LogP contribution in [-0.2, 0) is 21.4 Å². The fraction of sp³-hybridized carbons (Fsp3) is 0.719. The Bertz CT molecular complexity index is 1190. The van der Waals surface area contributed by atoms with E-state index in [-0.39, 0.29) is 17.5 Å². The third-order valence-electron chi connectivity index (χ3n) is 11.7. The van der Waals surface area contributed by atoms with Gasteiger partial charge in [0, 0.05) is 5.41 Å². The molecule has 1 saturated heterocycles. The number of fused-ring (bicyclic) bond motifs is 8. The van der Waals surface area contributed by atoms with E-state index in [2.05, 4.69) is 43.0 Å². The van der Waals surface area contributed by atoms with Crippen LogP contribution in [0.1, 0.15) is 89.4 Å². The molecule has 0 bridgehead atoms. The van der Waals surface area contributed by atoms with Gasteiger partial charge in [0.25, 0.3) is 0 Å². The molecule has 0 radical (unpaired) electrons. The Hall–Kier alpha value is -2.01. The summed E-state index contributed by atoms with van der Waals surface area (Å²) >= 11 is 0. The van der Waals surface area contributed by atoms with Crippen LogP contribution in [0.2, 0.25) is 0 Å². The zero-order valence-electron chi connectivity index (χ0n) is 22.8. The van der Waals surface area contributed by atoms with Gasteiger partial charge in [-0.05, 0) is 119 Å². The first-order chi connectivity index (χ1) is 17.9. The van der Waals surface area contributed by atoms with Crippen molar-refractivity contribution in [3.05, 3.63) is 35.7 Å². The van der Waals surface area contributed by atoms with E-state index in [1.165, 1.54) is 62.8 Å². The van der Waals surface area contributed by atoms with E-state index in [1.54, 1.807) is 0 Å². The molecular formula is C32H43N3O2. The summed E-state index contributed by atoms with van der Waals surface area (Å²) in [6, 6.07) is 8.39. The van der Waals surface area contributed by atoms with Gasteiger partial charge in [-0.15, -0.1) is 0 Å². The summed E-state index contributed by atoms with van der Waals surface area (Å²) in [5.74, 6) is 2.89. The van der Waals surface area contributed by atoms with E-state index in [1.807, 2.05) is 0 Å². The van der Waals surface area contributed by atoms with E-state index < -0.39 is 0 Å². The van der Waals surface area contributed by atoms with Crippen LogP contribution in [0.3, 0.4) is 0 Å². The SMILES string of the molecule is C[C@]12CCC3C(CC[C@H]4C[C@@H](OC(=O)CN5CCCCC5)CC[C@]34C)[C@@H]1Cc1nc3ccccc3nc12. The maximum Gasteiger partial charge on any atom is 0.320 e. The van der Waals surface area contributed by atoms with E-state index in [0.29, 0.717) is 23.8 Å². The van der Waals surface area contributed by atoms with Crippen LogP contribution in [0.5, 0.6) is 0 Å². The Kier molecular flexibility index (Phi) is 5.87. The minimum absolute atomic E-state index is 0.00808. The van der Waals surface area contributed by atoms with Gasteiger partial charge in [0.1, 0.15) is 6.10 Å². The largest absolute Gasteiger partial charge is 0.461 e. The second-order valence-electron chi connectivity index (χ2n) is 13.5. The minimum Gasteiger partial charge on any atom is -0.461 e. The fourth-order valence-corrected chi connectivity index (χ4v) is 9.68. The van der Waals surface area contributed by atoms with Crippen LogP contribution in [0.4, 0.5) is 0 Å². The molecule has 37 heavy (non-hydrogen) atoms. The van der Waals surface area contributed by atoms with Crippen LogP contribution in [0.15, 0.2) is 24.3 Å². The van der Waals surface area contributed by atoms with Crippen molar-refractivity contribution in [3.8, 4) is 0 Å². The number of carbonyl (C=O) groups is 1. The molecule has 4 fully saturated rings. The molecule has 5 aliphatic rings. The normalized spacial score (nSPS) is 39.4. The third kappa shape index (κ3) is 3.94. The quantitative estimate of drug-likeness (QED) is 0.477. The van der Waals surface area contributed by atoms with Crippen LogP contribution in [0.25, 0.3) is 11.0 Å². The Balaban J connectivity index is 1.05. The lowest BCUT2D eigenvalue weighted by Crippen LogP contribution is -2.54. The van der Waals surface area contributed by atoms with Gasteiger partial charge in [0.05, 0.1) is 29.0 Å². The average molecular weight is 502 g/mol. The molecule has 1 aromatic carbocycles. The summed E-state index contributed by atoms with van der Waals surface area (Å²) in [5, 5.41) is 0. The molecule has 7 rings (SSSR count). The number of rotatable bonds is 3. The molecule has 0 N–H and O–H groups in total. The van der Waals surface area contributed by atoms with Gasteiger partial charge >= 0.3 is 5.97 Å². The monoisotopic (exact) mass is 501 g/mol. The number of ether oxygens (including phenoxy) is 1. The topological polar surface area (TPSA) is 55.3 Å². The summed E-state index contributed by atoms with van der Waals surface area (Å²) in [6.07, 6.45) is 13.4. The maximum absolute atomic E-state index is 12.7. The van der Waals surface area contributed by atoms with Crippen LogP contribution in [-0.4, -0.2) is 46.6 Å². The first kappa shape index (κ1) is 24.1. The number of para-hydroxylation sites is 2. The lowest BCUT2D eigenvalue weighted by molar-refractivity contribution is -0.161. The highest BCUT2D eigenvalue weighted by molar-refractivity contribution is 5.74. The van der Waals surface area contributed by atoms with E-state index in [9.17, 15) is 4.79 Å². The minimum atomic E-state index is 0.00808. The number of esters is 1. The van der Waals surface area contributed by atoms with Crippen molar-refractivity contribution in [1.82, 2.24) is 14.9 Å². The first-order valence-corrected chi connectivity index (χ1v) is 15.1. The highest BCUT2D eigenvalue weighted by Crippen LogP contribution is 2.65. The van der Waals surface area contributed by atoms with Crippen LogP contribution >= 0.6 is 0 Å². The average Bonchev–Trinajstić information content (AvgIpc) is 3.19. The van der Waals surface area contributed by atoms with Crippen molar-refractivity contribution in [2.45, 2.75) is 96.0 Å². The zero-order chi connectivity index (χ0) is 25.2. The molecule has 1 aliphatic heterocycles. The summed E-state index contributed by atoms with van der Waals surface area (Å²) in [4.78, 5) is 25.4. The lowest BCUT2D eigenvalue weighted by Gasteiger charge is -2.60. The molecule has 0 amide bonds. The first-order valence-electron chi connectivity index (χ1n) is 15.1. The smallest absolute Gasteiger partial charge is 0.320 e. The van der Waals surface area contributed by atoms with Gasteiger partial charge in [-0.2, -0.15) is 0 Å². The van der Waals surface area contributed by atoms with Gasteiger partial charge < -0.3 is 4.74 Å². The van der Waals surface area contributed by atoms with E-state index >= 15 is 0 Å². The number of piperidine rings is 1. The van der Waals surface area contributed by atoms with Gasteiger partial charge in [-0.25, -0.2) is 9.97 Å². The number of hydrogen-bond donors (Lipinski definition) is 0. The van der Waals surface area contributed by atoms with Crippen LogP contribution < -0.4 is 0 Å². The molecule has 1 aromatic heterocycles. The Labute approximate surface area is 221 Å². The second-order valence-corrected chi connectivity index (χ2v) is 13.5. The standard InChI is InChI=1S/C32H43N3O2/c1-31-14-12-22(37-29(36)20-35-16-6-3-7-17-35)18-21(31)10-11-23-24(31)13-15-32(2)25(23)19-28-30(32)34-27-9-5-4-8-26(27)33-28/h4-5,8-9,21-25H,3,6-7,10-20H2,1-2H3/t21-,22-,23?,24?,25-,31-,32-/m0/s1. The molecule has 2 aromatic rings. The summed E-state index contributed by atoms with van der Waals surface area (Å²) in [7, 11) is 0. The van der Waals surface area contributed by atoms with Crippen molar-refractivity contribution in [2.24, 2.45) is 29.1 Å². The molecule has 5 nitrogen and oxygen atoms in total. The van der Waals surface area contributed by atoms with E-state index in [4.69, 9.17) is 14.7 Å². The highest BCUT2D eigenvalue weighted by atomic mass is 16.5. The summed E-state index contributed by atoms with van der Waals surface area (Å²) in [5.41, 5.74) is 5.20. The fourth-order valence-electron chi connectivity index (χ4n) is 9.68. The predicted molar refractivity (Wildman–Crippen MR) is 145 cm³/mol. The van der Waals surface area contributed by atoms with Crippen LogP contribution in [0, 0.1) is 29.1 Å². The van der Waals surface area contributed by atoms with Gasteiger partial charge in [0.15, 0.2) is 0 Å². The molecule has 3 saturated carbocycles. The van der Waals surface area contributed by atoms with Crippen molar-refractivity contribution >= 4 is 17.0 Å². The molecule has 7 atom stereocenters. The predicted octanol–water partition coefficient (Wildman–Crippen LogP) is 6.08. The van der Waals surface area contributed by atoms with E-state index in [0.717, 1.165) is 55.2 Å². The Morgan fingerprint density at radius 2 is 1.76 bits per heavy atom. The highest BCUT2D eigenvalue weighted by Gasteiger charge is 2.60.